The summed E-state index contributed by atoms with van der Waals surface area (Å²) < 4.78 is 2.23. The molecule has 0 radical (unpaired) electrons. The van der Waals surface area contributed by atoms with E-state index in [0.717, 1.165) is 25.6 Å². The lowest BCUT2D eigenvalue weighted by molar-refractivity contribution is 0.189. The summed E-state index contributed by atoms with van der Waals surface area (Å²) >= 11 is 1.87. The molecule has 1 aliphatic heterocycles. The van der Waals surface area contributed by atoms with Crippen LogP contribution in [0.25, 0.3) is 0 Å². The highest BCUT2D eigenvalue weighted by Gasteiger charge is 2.28. The molecular weight excluding hydrogens is 409 g/mol. The summed E-state index contributed by atoms with van der Waals surface area (Å²) in [6.45, 7) is 7.58. The van der Waals surface area contributed by atoms with Crippen LogP contribution in [-0.4, -0.2) is 58.6 Å². The largest absolute Gasteiger partial charge is 0.355 e. The number of rotatable bonds is 4. The third-order valence-corrected chi connectivity index (χ3v) is 5.26. The number of aliphatic imine (C=N–C) groups is 1. The molecule has 2 heterocycles. The Balaban J connectivity index is 0.00000242. The van der Waals surface area contributed by atoms with E-state index < -0.39 is 0 Å². The number of aromatic nitrogens is 2. The molecule has 1 aromatic rings. The molecule has 1 aliphatic rings. The number of hydrogen-bond donors (Lipinski definition) is 1. The third-order valence-electron chi connectivity index (χ3n) is 4.29. The average Bonchev–Trinajstić information content (AvgIpc) is 3.03. The molecule has 2 rings (SSSR count). The van der Waals surface area contributed by atoms with E-state index in [1.54, 1.807) is 0 Å². The second kappa shape index (κ2) is 9.64. The maximum atomic E-state index is 4.46. The van der Waals surface area contributed by atoms with E-state index in [0.29, 0.717) is 17.2 Å². The van der Waals surface area contributed by atoms with Crippen molar-refractivity contribution in [2.24, 2.45) is 10.9 Å². The lowest BCUT2D eigenvalue weighted by Crippen LogP contribution is -2.49. The van der Waals surface area contributed by atoms with Crippen molar-refractivity contribution in [1.29, 1.82) is 0 Å². The molecule has 22 heavy (non-hydrogen) atoms. The molecule has 1 saturated heterocycles. The van der Waals surface area contributed by atoms with E-state index >= 15 is 0 Å². The zero-order valence-electron chi connectivity index (χ0n) is 13.9. The van der Waals surface area contributed by atoms with Crippen molar-refractivity contribution >= 4 is 41.7 Å². The predicted octanol–water partition coefficient (Wildman–Crippen LogP) is 2.71. The second-order valence-corrected chi connectivity index (χ2v) is 7.04. The molecule has 1 fully saturated rings. The van der Waals surface area contributed by atoms with Crippen LogP contribution >= 0.6 is 35.7 Å². The molecule has 5 nitrogen and oxygen atoms in total. The highest BCUT2D eigenvalue weighted by atomic mass is 127. The van der Waals surface area contributed by atoms with Crippen molar-refractivity contribution in [3.05, 3.63) is 18.7 Å². The van der Waals surface area contributed by atoms with E-state index in [2.05, 4.69) is 51.1 Å². The van der Waals surface area contributed by atoms with Crippen molar-refractivity contribution in [2.75, 3.05) is 32.9 Å². The zero-order chi connectivity index (χ0) is 15.2. The number of hydrogen-bond acceptors (Lipinski definition) is 3. The summed E-state index contributed by atoms with van der Waals surface area (Å²) in [7, 11) is 1.87. The van der Waals surface area contributed by atoms with Gasteiger partial charge in [-0.25, -0.2) is 4.98 Å². The Labute approximate surface area is 155 Å². The van der Waals surface area contributed by atoms with E-state index in [1.807, 2.05) is 31.3 Å². The quantitative estimate of drug-likeness (QED) is 0.447. The molecule has 0 bridgehead atoms. The van der Waals surface area contributed by atoms with E-state index in [-0.39, 0.29) is 24.0 Å². The van der Waals surface area contributed by atoms with Crippen LogP contribution in [0.2, 0.25) is 0 Å². The number of halogens is 1. The number of piperidine rings is 1. The minimum absolute atomic E-state index is 0. The van der Waals surface area contributed by atoms with Crippen molar-refractivity contribution < 1.29 is 0 Å². The summed E-state index contributed by atoms with van der Waals surface area (Å²) in [5.41, 5.74) is 0. The zero-order valence-corrected chi connectivity index (χ0v) is 17.0. The fourth-order valence-electron chi connectivity index (χ4n) is 2.75. The molecule has 0 saturated carbocycles. The Morgan fingerprint density at radius 3 is 2.91 bits per heavy atom. The molecule has 0 aromatic carbocycles. The van der Waals surface area contributed by atoms with Gasteiger partial charge in [-0.05, 0) is 18.6 Å². The van der Waals surface area contributed by atoms with Crippen LogP contribution in [0.4, 0.5) is 0 Å². The molecule has 0 spiro atoms. The maximum absolute atomic E-state index is 4.46. The molecular formula is C15H28IN5S. The number of nitrogens with zero attached hydrogens (tertiary/aromatic N) is 4. The van der Waals surface area contributed by atoms with Gasteiger partial charge < -0.3 is 14.8 Å². The third kappa shape index (κ3) is 5.04. The van der Waals surface area contributed by atoms with Gasteiger partial charge in [0.2, 0.25) is 0 Å². The number of nitrogens with one attached hydrogen (secondary N) is 1. The highest BCUT2D eigenvalue weighted by Crippen LogP contribution is 2.27. The number of likely N-dealkylation sites (tertiary alicyclic amines) is 1. The van der Waals surface area contributed by atoms with Crippen LogP contribution in [0.5, 0.6) is 0 Å². The lowest BCUT2D eigenvalue weighted by atomic mass is 9.93. The summed E-state index contributed by atoms with van der Waals surface area (Å²) in [6, 6.07) is 0.470. The van der Waals surface area contributed by atoms with Gasteiger partial charge in [0.1, 0.15) is 0 Å². The van der Waals surface area contributed by atoms with Crippen LogP contribution in [0.15, 0.2) is 23.7 Å². The van der Waals surface area contributed by atoms with E-state index in [1.165, 1.54) is 6.42 Å². The Morgan fingerprint density at radius 1 is 1.55 bits per heavy atom. The van der Waals surface area contributed by atoms with Gasteiger partial charge in [0, 0.05) is 44.3 Å². The summed E-state index contributed by atoms with van der Waals surface area (Å²) in [5, 5.41) is 4.09. The second-order valence-electron chi connectivity index (χ2n) is 5.76. The summed E-state index contributed by atoms with van der Waals surface area (Å²) in [4.78, 5) is 11.0. The Kier molecular flexibility index (Phi) is 8.59. The standard InChI is InChI=1S/C15H27N5S.HI/c1-12-5-7-19(10-14(12)20-8-6-17-11-20)15(16-3)18-9-13(2)21-4;/h6,8,11-14H,5,7,9-10H2,1-4H3,(H,16,18);1H. The van der Waals surface area contributed by atoms with Crippen molar-refractivity contribution in [2.45, 2.75) is 31.6 Å². The fourth-order valence-corrected chi connectivity index (χ4v) is 3.00. The molecule has 0 aliphatic carbocycles. The van der Waals surface area contributed by atoms with Gasteiger partial charge in [0.25, 0.3) is 0 Å². The van der Waals surface area contributed by atoms with Crippen LogP contribution < -0.4 is 5.32 Å². The van der Waals surface area contributed by atoms with Gasteiger partial charge in [-0.15, -0.1) is 24.0 Å². The fraction of sp³-hybridized carbons (Fsp3) is 0.733. The lowest BCUT2D eigenvalue weighted by Gasteiger charge is -2.39. The average molecular weight is 437 g/mol. The molecule has 3 atom stereocenters. The first-order valence-electron chi connectivity index (χ1n) is 7.61. The van der Waals surface area contributed by atoms with E-state index in [9.17, 15) is 0 Å². The molecule has 7 heteroatoms. The normalized spacial score (nSPS) is 23.8. The summed E-state index contributed by atoms with van der Waals surface area (Å²) in [6.07, 6.45) is 9.18. The van der Waals surface area contributed by atoms with Gasteiger partial charge in [0.15, 0.2) is 5.96 Å². The van der Waals surface area contributed by atoms with Crippen LogP contribution in [-0.2, 0) is 0 Å². The molecule has 1 N–H and O–H groups in total. The Morgan fingerprint density at radius 2 is 2.32 bits per heavy atom. The van der Waals surface area contributed by atoms with Gasteiger partial charge in [-0.3, -0.25) is 4.99 Å². The van der Waals surface area contributed by atoms with Gasteiger partial charge >= 0.3 is 0 Å². The molecule has 126 valence electrons. The maximum Gasteiger partial charge on any atom is 0.193 e. The van der Waals surface area contributed by atoms with Crippen LogP contribution in [0, 0.1) is 5.92 Å². The topological polar surface area (TPSA) is 45.5 Å². The van der Waals surface area contributed by atoms with Crippen molar-refractivity contribution in [3.8, 4) is 0 Å². The number of thioether (sulfide) groups is 1. The Bertz CT molecular complexity index is 451. The number of imidazole rings is 1. The molecule has 0 amide bonds. The van der Waals surface area contributed by atoms with Gasteiger partial charge in [0.05, 0.1) is 12.4 Å². The molecule has 3 unspecified atom stereocenters. The van der Waals surface area contributed by atoms with Crippen LogP contribution in [0.3, 0.4) is 0 Å². The number of guanidine groups is 1. The predicted molar refractivity (Wildman–Crippen MR) is 106 cm³/mol. The van der Waals surface area contributed by atoms with Crippen molar-refractivity contribution in [1.82, 2.24) is 19.8 Å². The summed E-state index contributed by atoms with van der Waals surface area (Å²) in [5.74, 6) is 1.69. The monoisotopic (exact) mass is 437 g/mol. The van der Waals surface area contributed by atoms with Gasteiger partial charge in [-0.2, -0.15) is 11.8 Å². The van der Waals surface area contributed by atoms with E-state index in [4.69, 9.17) is 0 Å². The minimum atomic E-state index is 0. The smallest absolute Gasteiger partial charge is 0.193 e. The first-order valence-corrected chi connectivity index (χ1v) is 8.90. The Hall–Kier alpha value is -0.440. The molecule has 1 aromatic heterocycles. The SMILES string of the molecule is CN=C(NCC(C)SC)N1CCC(C)C(n2ccnc2)C1.I. The van der Waals surface area contributed by atoms with Crippen LogP contribution in [0.1, 0.15) is 26.3 Å². The minimum Gasteiger partial charge on any atom is -0.355 e. The van der Waals surface area contributed by atoms with Gasteiger partial charge in [-0.1, -0.05) is 13.8 Å². The van der Waals surface area contributed by atoms with Crippen molar-refractivity contribution in [3.63, 3.8) is 0 Å². The highest BCUT2D eigenvalue weighted by molar-refractivity contribution is 14.0. The first-order chi connectivity index (χ1) is 10.2. The first kappa shape index (κ1) is 19.6.